The van der Waals surface area contributed by atoms with Crippen molar-refractivity contribution in [1.82, 2.24) is 14.9 Å². The summed E-state index contributed by atoms with van der Waals surface area (Å²) < 4.78 is 26.3. The lowest BCUT2D eigenvalue weighted by Crippen LogP contribution is -2.53. The van der Waals surface area contributed by atoms with E-state index in [0.29, 0.717) is 31.5 Å². The number of nitrogens with zero attached hydrogens (tertiary/aromatic N) is 1. The topological polar surface area (TPSA) is 78.5 Å². The molecule has 3 heterocycles. The molecule has 3 unspecified atom stereocenters. The maximum atomic E-state index is 12.6. The maximum absolute atomic E-state index is 12.6. The van der Waals surface area contributed by atoms with E-state index in [1.807, 2.05) is 6.92 Å². The van der Waals surface area contributed by atoms with Crippen LogP contribution in [-0.2, 0) is 14.8 Å². The molecule has 24 heavy (non-hydrogen) atoms. The number of unbranched alkanes of at least 4 members (excludes halogenated alkanes) is 1. The molecule has 0 aromatic heterocycles. The Morgan fingerprint density at radius 3 is 2.50 bits per heavy atom. The Hall–Kier alpha value is -0.370. The second-order valence-electron chi connectivity index (χ2n) is 7.25. The molecule has 3 aliphatic rings. The van der Waals surface area contributed by atoms with Crippen molar-refractivity contribution in [3.05, 3.63) is 0 Å². The zero-order valence-electron chi connectivity index (χ0n) is 14.4. The molecule has 0 saturated carbocycles. The van der Waals surface area contributed by atoms with E-state index in [9.17, 15) is 13.2 Å². The molecule has 3 saturated heterocycles. The van der Waals surface area contributed by atoms with E-state index < -0.39 is 16.1 Å². The third-order valence-electron chi connectivity index (χ3n) is 5.44. The second-order valence-corrected chi connectivity index (χ2v) is 9.29. The molecule has 3 aliphatic heterocycles. The summed E-state index contributed by atoms with van der Waals surface area (Å²) in [6, 6.07) is 0.741. The van der Waals surface area contributed by atoms with Gasteiger partial charge in [-0.2, -0.15) is 4.31 Å². The number of halogens is 1. The van der Waals surface area contributed by atoms with Gasteiger partial charge in [-0.1, -0.05) is 13.3 Å². The molecule has 0 aliphatic carbocycles. The smallest absolute Gasteiger partial charge is 0.238 e. The highest BCUT2D eigenvalue weighted by Gasteiger charge is 2.40. The first-order chi connectivity index (χ1) is 11.0. The van der Waals surface area contributed by atoms with Crippen molar-refractivity contribution in [2.45, 2.75) is 82.5 Å². The minimum Gasteiger partial charge on any atom is -0.352 e. The van der Waals surface area contributed by atoms with Crippen LogP contribution in [0.2, 0.25) is 0 Å². The molecule has 3 atom stereocenters. The van der Waals surface area contributed by atoms with Crippen molar-refractivity contribution >= 4 is 28.3 Å². The second kappa shape index (κ2) is 8.34. The van der Waals surface area contributed by atoms with Gasteiger partial charge in [-0.25, -0.2) is 8.42 Å². The fraction of sp³-hybridized carbons (Fsp3) is 0.938. The van der Waals surface area contributed by atoms with Crippen LogP contribution in [0.15, 0.2) is 0 Å². The van der Waals surface area contributed by atoms with Crippen LogP contribution in [0.5, 0.6) is 0 Å². The molecule has 6 nitrogen and oxygen atoms in total. The SMILES string of the molecule is CCCCS(=O)(=O)N1CCCC1C(=O)NC1CC2CCC(C1)N2.Cl. The highest BCUT2D eigenvalue weighted by atomic mass is 35.5. The Bertz CT molecular complexity index is 531. The number of piperidine rings is 1. The number of hydrogen-bond donors (Lipinski definition) is 2. The number of fused-ring (bicyclic) bond motifs is 2. The third kappa shape index (κ3) is 4.42. The van der Waals surface area contributed by atoms with Gasteiger partial charge in [0.2, 0.25) is 15.9 Å². The van der Waals surface area contributed by atoms with Gasteiger partial charge >= 0.3 is 0 Å². The number of nitrogens with one attached hydrogen (secondary N) is 2. The Kier molecular flexibility index (Phi) is 6.93. The van der Waals surface area contributed by atoms with E-state index in [1.54, 1.807) is 0 Å². The van der Waals surface area contributed by atoms with Crippen LogP contribution in [0.1, 0.15) is 58.3 Å². The van der Waals surface area contributed by atoms with Crippen LogP contribution >= 0.6 is 12.4 Å². The molecular formula is C16H30ClN3O3S. The molecule has 2 bridgehead atoms. The molecule has 0 radical (unpaired) electrons. The largest absolute Gasteiger partial charge is 0.352 e. The van der Waals surface area contributed by atoms with Crippen LogP contribution in [-0.4, -0.2) is 55.1 Å². The Labute approximate surface area is 151 Å². The standard InChI is InChI=1S/C16H29N3O3S.ClH/c1-2-3-9-23(21,22)19-8-4-5-15(19)16(20)18-14-10-12-6-7-13(11-14)17-12;/h12-15,17H,2-11H2,1H3,(H,18,20);1H. The normalized spacial score (nSPS) is 33.2. The van der Waals surface area contributed by atoms with Crippen molar-refractivity contribution in [2.75, 3.05) is 12.3 Å². The predicted octanol–water partition coefficient (Wildman–Crippen LogP) is 1.40. The van der Waals surface area contributed by atoms with Crippen LogP contribution in [0.4, 0.5) is 0 Å². The minimum atomic E-state index is -3.31. The van der Waals surface area contributed by atoms with Crippen molar-refractivity contribution < 1.29 is 13.2 Å². The van der Waals surface area contributed by atoms with Crippen molar-refractivity contribution in [3.8, 4) is 0 Å². The minimum absolute atomic E-state index is 0. The number of sulfonamides is 1. The van der Waals surface area contributed by atoms with E-state index in [4.69, 9.17) is 0 Å². The summed E-state index contributed by atoms with van der Waals surface area (Å²) in [5, 5.41) is 6.70. The molecule has 2 N–H and O–H groups in total. The van der Waals surface area contributed by atoms with E-state index >= 15 is 0 Å². The Morgan fingerprint density at radius 2 is 1.88 bits per heavy atom. The lowest BCUT2D eigenvalue weighted by atomic mass is 9.99. The van der Waals surface area contributed by atoms with Gasteiger partial charge < -0.3 is 10.6 Å². The van der Waals surface area contributed by atoms with Gasteiger partial charge in [0.1, 0.15) is 6.04 Å². The molecule has 3 fully saturated rings. The van der Waals surface area contributed by atoms with Crippen LogP contribution in [0, 0.1) is 0 Å². The molecule has 0 aromatic carbocycles. The van der Waals surface area contributed by atoms with Gasteiger partial charge in [0.25, 0.3) is 0 Å². The monoisotopic (exact) mass is 379 g/mol. The Morgan fingerprint density at radius 1 is 1.21 bits per heavy atom. The average Bonchev–Trinajstić information content (AvgIpc) is 3.12. The molecular weight excluding hydrogens is 350 g/mol. The first-order valence-corrected chi connectivity index (χ1v) is 10.7. The van der Waals surface area contributed by atoms with Gasteiger partial charge in [-0.15, -0.1) is 12.4 Å². The molecule has 0 spiro atoms. The first-order valence-electron chi connectivity index (χ1n) is 9.05. The fourth-order valence-corrected chi connectivity index (χ4v) is 6.14. The quantitative estimate of drug-likeness (QED) is 0.731. The van der Waals surface area contributed by atoms with Crippen LogP contribution < -0.4 is 10.6 Å². The van der Waals surface area contributed by atoms with Crippen molar-refractivity contribution in [1.29, 1.82) is 0 Å². The lowest BCUT2D eigenvalue weighted by Gasteiger charge is -2.31. The van der Waals surface area contributed by atoms with E-state index in [1.165, 1.54) is 17.1 Å². The van der Waals surface area contributed by atoms with Gasteiger partial charge in [0.15, 0.2) is 0 Å². The number of carbonyl (C=O) groups is 1. The van der Waals surface area contributed by atoms with Crippen molar-refractivity contribution in [3.63, 3.8) is 0 Å². The van der Waals surface area contributed by atoms with Gasteiger partial charge in [-0.3, -0.25) is 4.79 Å². The van der Waals surface area contributed by atoms with Gasteiger partial charge in [0.05, 0.1) is 5.75 Å². The lowest BCUT2D eigenvalue weighted by molar-refractivity contribution is -0.125. The van der Waals surface area contributed by atoms with Gasteiger partial charge in [-0.05, 0) is 44.9 Å². The maximum Gasteiger partial charge on any atom is 0.238 e. The van der Waals surface area contributed by atoms with Crippen molar-refractivity contribution in [2.24, 2.45) is 0 Å². The third-order valence-corrected chi connectivity index (χ3v) is 7.40. The zero-order chi connectivity index (χ0) is 16.4. The molecule has 1 amide bonds. The highest BCUT2D eigenvalue weighted by molar-refractivity contribution is 7.89. The molecule has 8 heteroatoms. The zero-order valence-corrected chi connectivity index (χ0v) is 16.0. The number of rotatable bonds is 6. The van der Waals surface area contributed by atoms with Gasteiger partial charge in [0, 0.05) is 24.7 Å². The first kappa shape index (κ1) is 19.9. The number of hydrogen-bond acceptors (Lipinski definition) is 4. The summed E-state index contributed by atoms with van der Waals surface area (Å²) in [4.78, 5) is 12.6. The fourth-order valence-electron chi connectivity index (χ4n) is 4.25. The molecule has 3 rings (SSSR count). The van der Waals surface area contributed by atoms with E-state index in [0.717, 1.165) is 25.7 Å². The van der Waals surface area contributed by atoms with E-state index in [-0.39, 0.29) is 30.1 Å². The van der Waals surface area contributed by atoms with Crippen LogP contribution in [0.25, 0.3) is 0 Å². The summed E-state index contributed by atoms with van der Waals surface area (Å²) in [6.45, 7) is 2.47. The van der Waals surface area contributed by atoms with E-state index in [2.05, 4.69) is 10.6 Å². The number of carbonyl (C=O) groups excluding carboxylic acids is 1. The summed E-state index contributed by atoms with van der Waals surface area (Å²) >= 11 is 0. The molecule has 140 valence electrons. The predicted molar refractivity (Wildman–Crippen MR) is 96.8 cm³/mol. The Balaban J connectivity index is 0.00000208. The van der Waals surface area contributed by atoms with Crippen LogP contribution in [0.3, 0.4) is 0 Å². The summed E-state index contributed by atoms with van der Waals surface area (Å²) in [5.41, 5.74) is 0. The summed E-state index contributed by atoms with van der Waals surface area (Å²) in [5.74, 6) is 0.0685. The average molecular weight is 380 g/mol. The summed E-state index contributed by atoms with van der Waals surface area (Å²) in [6.07, 6.45) is 7.26. The molecule has 0 aromatic rings. The number of amides is 1. The summed E-state index contributed by atoms with van der Waals surface area (Å²) in [7, 11) is -3.31. The highest BCUT2D eigenvalue weighted by Crippen LogP contribution is 2.28.